The molecule has 0 bridgehead atoms. The Hall–Kier alpha value is 0.620. The quantitative estimate of drug-likeness (QED) is 0.557. The minimum atomic E-state index is 1.26. The number of hydrogen-bond donors (Lipinski definition) is 0. The number of hydrogen-bond acceptors (Lipinski definition) is 4. The molecular formula is C8H10S4. The van der Waals surface area contributed by atoms with Crippen molar-refractivity contribution in [1.29, 1.82) is 0 Å². The molecule has 0 aromatic heterocycles. The second-order valence-electron chi connectivity index (χ2n) is 1.93. The summed E-state index contributed by atoms with van der Waals surface area (Å²) in [5.74, 6) is 1.29. The average molecular weight is 234 g/mol. The summed E-state index contributed by atoms with van der Waals surface area (Å²) in [6, 6.07) is 0. The highest BCUT2D eigenvalue weighted by Crippen LogP contribution is 2.27. The zero-order chi connectivity index (χ0) is 8.49. The van der Waals surface area contributed by atoms with Gasteiger partial charge in [0.2, 0.25) is 0 Å². The van der Waals surface area contributed by atoms with Crippen LogP contribution in [0.1, 0.15) is 6.42 Å². The topological polar surface area (TPSA) is 0 Å². The third-order valence-corrected chi connectivity index (χ3v) is 4.75. The van der Waals surface area contributed by atoms with E-state index in [1.807, 2.05) is 33.7 Å². The fourth-order valence-corrected chi connectivity index (χ4v) is 3.41. The molecule has 0 fully saturated rings. The van der Waals surface area contributed by atoms with Crippen molar-refractivity contribution in [3.05, 3.63) is 34.5 Å². The molecule has 0 unspecified atom stereocenters. The van der Waals surface area contributed by atoms with Crippen LogP contribution in [0.25, 0.3) is 0 Å². The summed E-state index contributed by atoms with van der Waals surface area (Å²) in [5, 5.41) is 6.27. The van der Waals surface area contributed by atoms with Crippen LogP contribution in [0.5, 0.6) is 0 Å². The van der Waals surface area contributed by atoms with Crippen molar-refractivity contribution < 1.29 is 0 Å². The predicted molar refractivity (Wildman–Crippen MR) is 67.3 cm³/mol. The average Bonchev–Trinajstić information content (AvgIpc) is 2.24. The number of rotatable bonds is 0. The van der Waals surface area contributed by atoms with E-state index in [-0.39, 0.29) is 0 Å². The van der Waals surface area contributed by atoms with E-state index in [4.69, 9.17) is 0 Å². The third-order valence-electron chi connectivity index (χ3n) is 1.02. The first-order valence-corrected chi connectivity index (χ1v) is 8.23. The van der Waals surface area contributed by atoms with E-state index < -0.39 is 0 Å². The molecule has 0 aliphatic carbocycles. The normalized spacial score (nSPS) is 20.0. The summed E-state index contributed by atoms with van der Waals surface area (Å²) < 4.78 is 0. The first kappa shape index (κ1) is 10.7. The molecule has 12 heavy (non-hydrogen) atoms. The largest absolute Gasteiger partial charge is 0.0892 e. The van der Waals surface area contributed by atoms with Crippen molar-refractivity contribution in [1.82, 2.24) is 0 Å². The van der Waals surface area contributed by atoms with E-state index in [2.05, 4.69) is 22.3 Å². The van der Waals surface area contributed by atoms with Gasteiger partial charge in [0.05, 0.1) is 0 Å². The second kappa shape index (κ2) is 8.23. The molecule has 0 aromatic rings. The van der Waals surface area contributed by atoms with Crippen molar-refractivity contribution in [3.8, 4) is 0 Å². The minimum absolute atomic E-state index is 1.26. The van der Waals surface area contributed by atoms with Gasteiger partial charge in [-0.25, -0.2) is 0 Å². The van der Waals surface area contributed by atoms with Crippen LogP contribution < -0.4 is 0 Å². The minimum Gasteiger partial charge on any atom is -0.0892 e. The second-order valence-corrected chi connectivity index (χ2v) is 6.41. The van der Waals surface area contributed by atoms with Gasteiger partial charge in [0.1, 0.15) is 0 Å². The Bertz CT molecular complexity index is 163. The van der Waals surface area contributed by atoms with Gasteiger partial charge in [0, 0.05) is 5.75 Å². The smallest absolute Gasteiger partial charge is 0.00750 e. The van der Waals surface area contributed by atoms with Gasteiger partial charge in [-0.1, -0.05) is 61.4 Å². The molecule has 0 nitrogen and oxygen atoms in total. The molecule has 0 amide bonds. The summed E-state index contributed by atoms with van der Waals surface area (Å²) >= 11 is 0. The summed E-state index contributed by atoms with van der Waals surface area (Å²) in [4.78, 5) is 0. The maximum absolute atomic E-state index is 2.21. The van der Waals surface area contributed by atoms with Crippen LogP contribution in [0.4, 0.5) is 0 Å². The highest BCUT2D eigenvalue weighted by atomic mass is 33.1. The van der Waals surface area contributed by atoms with Gasteiger partial charge in [-0.05, 0) is 22.6 Å². The molecule has 0 aromatic carbocycles. The Labute approximate surface area is 89.5 Å². The van der Waals surface area contributed by atoms with Crippen molar-refractivity contribution in [2.24, 2.45) is 0 Å². The molecular weight excluding hydrogens is 224 g/mol. The fourth-order valence-electron chi connectivity index (χ4n) is 0.530. The SMILES string of the molecule is C1=CSSC=C1.C1=CSSCC1. The molecule has 2 aliphatic heterocycles. The summed E-state index contributed by atoms with van der Waals surface area (Å²) in [7, 11) is 7.24. The first-order chi connectivity index (χ1) is 6.00. The molecule has 0 N–H and O–H groups in total. The van der Waals surface area contributed by atoms with Gasteiger partial charge in [-0.15, -0.1) is 0 Å². The highest BCUT2D eigenvalue weighted by molar-refractivity contribution is 8.79. The highest BCUT2D eigenvalue weighted by Gasteiger charge is 1.88. The van der Waals surface area contributed by atoms with E-state index in [9.17, 15) is 0 Å². The van der Waals surface area contributed by atoms with Gasteiger partial charge < -0.3 is 0 Å². The molecule has 2 rings (SSSR count). The zero-order valence-corrected chi connectivity index (χ0v) is 9.78. The zero-order valence-electron chi connectivity index (χ0n) is 6.51. The third kappa shape index (κ3) is 6.17. The maximum Gasteiger partial charge on any atom is 0.00750 e. The maximum atomic E-state index is 2.21. The molecule has 0 saturated carbocycles. The van der Waals surface area contributed by atoms with E-state index in [0.29, 0.717) is 0 Å². The Kier molecular flexibility index (Phi) is 7.34. The Morgan fingerprint density at radius 3 is 1.75 bits per heavy atom. The summed E-state index contributed by atoms with van der Waals surface area (Å²) in [6.45, 7) is 0. The molecule has 0 atom stereocenters. The van der Waals surface area contributed by atoms with Gasteiger partial charge in [0.15, 0.2) is 0 Å². The van der Waals surface area contributed by atoms with Crippen LogP contribution in [0, 0.1) is 0 Å². The van der Waals surface area contributed by atoms with Crippen LogP contribution >= 0.6 is 43.2 Å². The summed E-state index contributed by atoms with van der Waals surface area (Å²) in [6.07, 6.45) is 7.53. The molecule has 0 spiro atoms. The Morgan fingerprint density at radius 2 is 1.58 bits per heavy atom. The lowest BCUT2D eigenvalue weighted by molar-refractivity contribution is 1.25. The van der Waals surface area contributed by atoms with Gasteiger partial charge in [-0.2, -0.15) is 0 Å². The van der Waals surface area contributed by atoms with E-state index >= 15 is 0 Å². The molecule has 2 aliphatic rings. The van der Waals surface area contributed by atoms with Crippen molar-refractivity contribution in [2.75, 3.05) is 5.75 Å². The Morgan fingerprint density at radius 1 is 0.833 bits per heavy atom. The first-order valence-electron chi connectivity index (χ1n) is 3.57. The standard InChI is InChI=1S/C4H6S2.C4H4S2/c2*1-2-4-6-5-3-1/h1,3H,2,4H2;1-4H. The van der Waals surface area contributed by atoms with E-state index in [0.717, 1.165) is 0 Å². The number of allylic oxidation sites excluding steroid dienone is 3. The van der Waals surface area contributed by atoms with Crippen LogP contribution in [0.2, 0.25) is 0 Å². The van der Waals surface area contributed by atoms with Crippen LogP contribution in [-0.2, 0) is 0 Å². The molecule has 0 radical (unpaired) electrons. The lowest BCUT2D eigenvalue weighted by Gasteiger charge is -1.96. The van der Waals surface area contributed by atoms with E-state index in [1.54, 1.807) is 21.6 Å². The lowest BCUT2D eigenvalue weighted by Crippen LogP contribution is -1.72. The van der Waals surface area contributed by atoms with Gasteiger partial charge >= 0.3 is 0 Å². The van der Waals surface area contributed by atoms with Gasteiger partial charge in [-0.3, -0.25) is 0 Å². The van der Waals surface area contributed by atoms with Gasteiger partial charge in [0.25, 0.3) is 0 Å². The lowest BCUT2D eigenvalue weighted by atomic mass is 10.5. The van der Waals surface area contributed by atoms with Crippen molar-refractivity contribution in [3.63, 3.8) is 0 Å². The van der Waals surface area contributed by atoms with Crippen molar-refractivity contribution >= 4 is 43.2 Å². The van der Waals surface area contributed by atoms with Crippen LogP contribution in [-0.4, -0.2) is 5.75 Å². The fraction of sp³-hybridized carbons (Fsp3) is 0.250. The van der Waals surface area contributed by atoms with E-state index in [1.165, 1.54) is 12.2 Å². The molecule has 4 heteroatoms. The molecule has 66 valence electrons. The summed E-state index contributed by atoms with van der Waals surface area (Å²) in [5.41, 5.74) is 0. The van der Waals surface area contributed by atoms with Crippen molar-refractivity contribution in [2.45, 2.75) is 6.42 Å². The van der Waals surface area contributed by atoms with Crippen LogP contribution in [0.15, 0.2) is 34.5 Å². The predicted octanol–water partition coefficient (Wildman–Crippen LogP) is 4.69. The monoisotopic (exact) mass is 234 g/mol. The van der Waals surface area contributed by atoms with Crippen LogP contribution in [0.3, 0.4) is 0 Å². The Balaban J connectivity index is 0.000000120. The molecule has 2 heterocycles. The molecule has 0 saturated heterocycles.